The molecule has 106 valence electrons. The average Bonchev–Trinajstić information content (AvgIpc) is 2.99. The fourth-order valence-electron chi connectivity index (χ4n) is 1.97. The van der Waals surface area contributed by atoms with Crippen LogP contribution in [0.2, 0.25) is 0 Å². The molecule has 0 amide bonds. The Hall–Kier alpha value is -2.07. The van der Waals surface area contributed by atoms with Gasteiger partial charge in [-0.05, 0) is 23.8 Å². The molecule has 0 unspecified atom stereocenters. The quantitative estimate of drug-likeness (QED) is 0.669. The molecule has 0 atom stereocenters. The standard InChI is InChI=1S/C17H14FNOS/c18-16-9-5-4-8-14(16)11-21-12-15-10-20-17(19-15)13-6-2-1-3-7-13/h1-10H,11-12H2. The second-order valence-electron chi connectivity index (χ2n) is 4.59. The van der Waals surface area contributed by atoms with E-state index in [1.54, 1.807) is 30.2 Å². The first-order valence-electron chi connectivity index (χ1n) is 6.64. The number of thioether (sulfide) groups is 1. The minimum absolute atomic E-state index is 0.157. The van der Waals surface area contributed by atoms with Gasteiger partial charge in [-0.2, -0.15) is 11.8 Å². The Morgan fingerprint density at radius 2 is 1.71 bits per heavy atom. The monoisotopic (exact) mass is 299 g/mol. The van der Waals surface area contributed by atoms with Gasteiger partial charge in [-0.25, -0.2) is 9.37 Å². The van der Waals surface area contributed by atoms with E-state index in [1.165, 1.54) is 6.07 Å². The minimum Gasteiger partial charge on any atom is -0.444 e. The number of hydrogen-bond donors (Lipinski definition) is 0. The van der Waals surface area contributed by atoms with Crippen molar-refractivity contribution in [1.82, 2.24) is 4.98 Å². The lowest BCUT2D eigenvalue weighted by molar-refractivity contribution is 0.573. The molecule has 3 aromatic rings. The number of oxazole rings is 1. The van der Waals surface area contributed by atoms with Crippen LogP contribution >= 0.6 is 11.8 Å². The van der Waals surface area contributed by atoms with Crippen molar-refractivity contribution in [3.05, 3.63) is 77.9 Å². The number of benzene rings is 2. The van der Waals surface area contributed by atoms with Crippen LogP contribution in [-0.4, -0.2) is 4.98 Å². The van der Waals surface area contributed by atoms with Crippen LogP contribution in [0.4, 0.5) is 4.39 Å². The van der Waals surface area contributed by atoms with Crippen LogP contribution < -0.4 is 0 Å². The molecule has 2 nitrogen and oxygen atoms in total. The van der Waals surface area contributed by atoms with Gasteiger partial charge in [0, 0.05) is 17.1 Å². The molecule has 3 rings (SSSR count). The molecule has 0 fully saturated rings. The fourth-order valence-corrected chi connectivity index (χ4v) is 2.87. The van der Waals surface area contributed by atoms with Gasteiger partial charge in [0.2, 0.25) is 5.89 Å². The Kier molecular flexibility index (Phi) is 4.36. The van der Waals surface area contributed by atoms with Crippen LogP contribution in [0.25, 0.3) is 11.5 Å². The van der Waals surface area contributed by atoms with E-state index < -0.39 is 0 Å². The van der Waals surface area contributed by atoms with E-state index in [0.29, 0.717) is 23.0 Å². The van der Waals surface area contributed by atoms with Crippen molar-refractivity contribution in [2.75, 3.05) is 0 Å². The molecule has 2 aromatic carbocycles. The summed E-state index contributed by atoms with van der Waals surface area (Å²) in [5, 5.41) is 0. The molecule has 0 spiro atoms. The van der Waals surface area contributed by atoms with E-state index >= 15 is 0 Å². The molecule has 0 bridgehead atoms. The third-order valence-electron chi connectivity index (χ3n) is 3.04. The predicted molar refractivity (Wildman–Crippen MR) is 83.3 cm³/mol. The molecule has 4 heteroatoms. The van der Waals surface area contributed by atoms with Crippen molar-refractivity contribution in [3.8, 4) is 11.5 Å². The average molecular weight is 299 g/mol. The van der Waals surface area contributed by atoms with E-state index in [4.69, 9.17) is 4.42 Å². The van der Waals surface area contributed by atoms with Gasteiger partial charge in [-0.1, -0.05) is 36.4 Å². The summed E-state index contributed by atoms with van der Waals surface area (Å²) in [6, 6.07) is 16.6. The maximum atomic E-state index is 13.5. The Morgan fingerprint density at radius 3 is 2.52 bits per heavy atom. The smallest absolute Gasteiger partial charge is 0.226 e. The number of nitrogens with zero attached hydrogens (tertiary/aromatic N) is 1. The Bertz CT molecular complexity index is 712. The fraction of sp³-hybridized carbons (Fsp3) is 0.118. The van der Waals surface area contributed by atoms with Gasteiger partial charge in [0.1, 0.15) is 12.1 Å². The molecule has 0 saturated heterocycles. The van der Waals surface area contributed by atoms with Crippen LogP contribution in [-0.2, 0) is 11.5 Å². The molecule has 21 heavy (non-hydrogen) atoms. The second kappa shape index (κ2) is 6.59. The highest BCUT2D eigenvalue weighted by atomic mass is 32.2. The van der Waals surface area contributed by atoms with E-state index in [0.717, 1.165) is 11.3 Å². The summed E-state index contributed by atoms with van der Waals surface area (Å²) in [6.45, 7) is 0. The maximum absolute atomic E-state index is 13.5. The Balaban J connectivity index is 1.60. The highest BCUT2D eigenvalue weighted by Crippen LogP contribution is 2.22. The van der Waals surface area contributed by atoms with E-state index in [2.05, 4.69) is 4.98 Å². The number of aromatic nitrogens is 1. The van der Waals surface area contributed by atoms with Crippen LogP contribution in [0, 0.1) is 5.82 Å². The third-order valence-corrected chi connectivity index (χ3v) is 4.05. The highest BCUT2D eigenvalue weighted by Gasteiger charge is 2.07. The molecule has 0 saturated carbocycles. The summed E-state index contributed by atoms with van der Waals surface area (Å²) in [4.78, 5) is 4.45. The topological polar surface area (TPSA) is 26.0 Å². The van der Waals surface area contributed by atoms with Crippen LogP contribution in [0.5, 0.6) is 0 Å². The van der Waals surface area contributed by atoms with E-state index in [-0.39, 0.29) is 5.82 Å². The van der Waals surface area contributed by atoms with Crippen LogP contribution in [0.3, 0.4) is 0 Å². The van der Waals surface area contributed by atoms with Crippen molar-refractivity contribution in [2.45, 2.75) is 11.5 Å². The zero-order valence-electron chi connectivity index (χ0n) is 11.3. The minimum atomic E-state index is -0.157. The molecular weight excluding hydrogens is 285 g/mol. The molecule has 0 aliphatic rings. The number of hydrogen-bond acceptors (Lipinski definition) is 3. The van der Waals surface area contributed by atoms with Gasteiger partial charge in [-0.15, -0.1) is 0 Å². The van der Waals surface area contributed by atoms with Crippen molar-refractivity contribution < 1.29 is 8.81 Å². The molecule has 1 aromatic heterocycles. The zero-order valence-corrected chi connectivity index (χ0v) is 12.1. The molecule has 0 aliphatic heterocycles. The zero-order chi connectivity index (χ0) is 14.5. The first-order chi connectivity index (χ1) is 10.3. The predicted octanol–water partition coefficient (Wildman–Crippen LogP) is 4.91. The number of halogens is 1. The summed E-state index contributed by atoms with van der Waals surface area (Å²) in [5.41, 5.74) is 2.55. The van der Waals surface area contributed by atoms with Crippen LogP contribution in [0.1, 0.15) is 11.3 Å². The Labute approximate surface area is 127 Å². The molecular formula is C17H14FNOS. The van der Waals surface area contributed by atoms with Crippen molar-refractivity contribution in [1.29, 1.82) is 0 Å². The molecule has 0 N–H and O–H groups in total. The van der Waals surface area contributed by atoms with Crippen molar-refractivity contribution >= 4 is 11.8 Å². The first kappa shape index (κ1) is 13.9. The lowest BCUT2D eigenvalue weighted by Gasteiger charge is -2.01. The highest BCUT2D eigenvalue weighted by molar-refractivity contribution is 7.97. The first-order valence-corrected chi connectivity index (χ1v) is 7.79. The Morgan fingerprint density at radius 1 is 0.952 bits per heavy atom. The van der Waals surface area contributed by atoms with Gasteiger partial charge < -0.3 is 4.42 Å². The molecule has 0 aliphatic carbocycles. The SMILES string of the molecule is Fc1ccccc1CSCc1coc(-c2ccccc2)n1. The summed E-state index contributed by atoms with van der Waals surface area (Å²) >= 11 is 1.62. The normalized spacial score (nSPS) is 10.7. The van der Waals surface area contributed by atoms with Gasteiger partial charge in [0.05, 0.1) is 5.69 Å². The summed E-state index contributed by atoms with van der Waals surface area (Å²) < 4.78 is 19.0. The van der Waals surface area contributed by atoms with Gasteiger partial charge in [0.15, 0.2) is 0 Å². The largest absolute Gasteiger partial charge is 0.444 e. The summed E-state index contributed by atoms with van der Waals surface area (Å²) in [6.07, 6.45) is 1.66. The van der Waals surface area contributed by atoms with Gasteiger partial charge >= 0.3 is 0 Å². The summed E-state index contributed by atoms with van der Waals surface area (Å²) in [5.74, 6) is 1.79. The lowest BCUT2D eigenvalue weighted by Crippen LogP contribution is -1.88. The lowest BCUT2D eigenvalue weighted by atomic mass is 10.2. The molecule has 0 radical (unpaired) electrons. The van der Waals surface area contributed by atoms with E-state index in [1.807, 2.05) is 36.4 Å². The summed E-state index contributed by atoms with van der Waals surface area (Å²) in [7, 11) is 0. The second-order valence-corrected chi connectivity index (χ2v) is 5.58. The van der Waals surface area contributed by atoms with Gasteiger partial charge in [-0.3, -0.25) is 0 Å². The van der Waals surface area contributed by atoms with Crippen LogP contribution in [0.15, 0.2) is 65.3 Å². The van der Waals surface area contributed by atoms with Crippen molar-refractivity contribution in [2.24, 2.45) is 0 Å². The molecule has 1 heterocycles. The van der Waals surface area contributed by atoms with Crippen molar-refractivity contribution in [3.63, 3.8) is 0 Å². The third kappa shape index (κ3) is 3.52. The number of rotatable bonds is 5. The van der Waals surface area contributed by atoms with E-state index in [9.17, 15) is 4.39 Å². The maximum Gasteiger partial charge on any atom is 0.226 e. The van der Waals surface area contributed by atoms with Gasteiger partial charge in [0.25, 0.3) is 0 Å².